The quantitative estimate of drug-likeness (QED) is 0.580. The van der Waals surface area contributed by atoms with Crippen molar-refractivity contribution in [3.05, 3.63) is 40.3 Å². The smallest absolute Gasteiger partial charge is 0.379 e. The van der Waals surface area contributed by atoms with E-state index in [1.54, 1.807) is 16.9 Å². The van der Waals surface area contributed by atoms with E-state index in [1.807, 2.05) is 9.80 Å². The van der Waals surface area contributed by atoms with Gasteiger partial charge in [-0.25, -0.2) is 19.5 Å². The highest BCUT2D eigenvalue weighted by Gasteiger charge is 2.39. The molecule has 34 heavy (non-hydrogen) atoms. The van der Waals surface area contributed by atoms with Crippen LogP contribution in [0.15, 0.2) is 23.4 Å². The Morgan fingerprint density at radius 1 is 1.18 bits per heavy atom. The zero-order valence-electron chi connectivity index (χ0n) is 18.3. The molecule has 2 saturated heterocycles. The number of likely N-dealkylation sites (tertiary alicyclic amines) is 1. The van der Waals surface area contributed by atoms with Crippen LogP contribution in [0.5, 0.6) is 0 Å². The molecule has 0 aliphatic carbocycles. The third-order valence-corrected chi connectivity index (χ3v) is 5.86. The molecule has 0 radical (unpaired) electrons. The van der Waals surface area contributed by atoms with Gasteiger partial charge in [0.2, 0.25) is 11.9 Å². The van der Waals surface area contributed by atoms with Crippen molar-refractivity contribution in [2.75, 3.05) is 56.0 Å². The first-order valence-electron chi connectivity index (χ1n) is 10.8. The minimum atomic E-state index is -4.81. The first kappa shape index (κ1) is 23.9. The lowest BCUT2D eigenvalue weighted by molar-refractivity contribution is -0.141. The van der Waals surface area contributed by atoms with E-state index in [4.69, 9.17) is 0 Å². The van der Waals surface area contributed by atoms with Gasteiger partial charge in [-0.15, -0.1) is 0 Å². The normalized spacial score (nSPS) is 18.5. The van der Waals surface area contributed by atoms with Crippen molar-refractivity contribution in [1.82, 2.24) is 30.0 Å². The Labute approximate surface area is 192 Å². The number of piperazine rings is 1. The molecule has 0 spiro atoms. The fraction of sp³-hybridized carbons (Fsp3) is 0.550. The second kappa shape index (κ2) is 9.52. The van der Waals surface area contributed by atoms with Gasteiger partial charge in [0.15, 0.2) is 5.82 Å². The maximum Gasteiger partial charge on any atom is 0.423 e. The molecule has 0 saturated carbocycles. The van der Waals surface area contributed by atoms with Crippen LogP contribution < -0.4 is 15.8 Å². The summed E-state index contributed by atoms with van der Waals surface area (Å²) >= 11 is 0. The molecule has 10 nitrogen and oxygen atoms in total. The van der Waals surface area contributed by atoms with Crippen molar-refractivity contribution in [2.24, 2.45) is 5.92 Å². The van der Waals surface area contributed by atoms with Gasteiger partial charge in [-0.05, 0) is 6.92 Å². The number of carbonyl (C=O) groups is 1. The number of aromatic nitrogens is 4. The highest BCUT2D eigenvalue weighted by molar-refractivity contribution is 5.80. The van der Waals surface area contributed by atoms with Crippen LogP contribution >= 0.6 is 0 Å². The lowest BCUT2D eigenvalue weighted by Crippen LogP contribution is -2.59. The van der Waals surface area contributed by atoms with Gasteiger partial charge in [0, 0.05) is 51.9 Å². The summed E-state index contributed by atoms with van der Waals surface area (Å²) in [6, 6.07) is -0.403. The molecule has 2 aromatic rings. The first-order valence-corrected chi connectivity index (χ1v) is 10.8. The SMILES string of the molecule is C[C@@H](CN1CC(C(=O)N2CCN(c3ncc(F)cn3)CC2)C1)Nc1cn[nH]c(=O)c1C(F)(F)F. The van der Waals surface area contributed by atoms with Crippen LogP contribution in [0, 0.1) is 11.7 Å². The van der Waals surface area contributed by atoms with Crippen LogP contribution in [0.4, 0.5) is 29.2 Å². The van der Waals surface area contributed by atoms with Crippen LogP contribution in [0.2, 0.25) is 0 Å². The second-order valence-corrected chi connectivity index (χ2v) is 8.46. The highest BCUT2D eigenvalue weighted by Crippen LogP contribution is 2.31. The van der Waals surface area contributed by atoms with Gasteiger partial charge in [-0.3, -0.25) is 14.5 Å². The summed E-state index contributed by atoms with van der Waals surface area (Å²) in [4.78, 5) is 37.9. The number of anilines is 2. The molecule has 2 aliphatic rings. The van der Waals surface area contributed by atoms with Gasteiger partial charge in [0.1, 0.15) is 5.56 Å². The average Bonchev–Trinajstić information content (AvgIpc) is 2.75. The number of carbonyl (C=O) groups excluding carboxylic acids is 1. The molecule has 2 aromatic heterocycles. The number of amides is 1. The van der Waals surface area contributed by atoms with E-state index < -0.39 is 29.2 Å². The maximum absolute atomic E-state index is 13.2. The summed E-state index contributed by atoms with van der Waals surface area (Å²) in [6.07, 6.45) is -1.65. The van der Waals surface area contributed by atoms with Gasteiger partial charge < -0.3 is 15.1 Å². The number of nitrogens with one attached hydrogen (secondary N) is 2. The minimum absolute atomic E-state index is 0.0367. The lowest BCUT2D eigenvalue weighted by Gasteiger charge is -2.43. The Kier molecular flexibility index (Phi) is 6.68. The number of halogens is 4. The minimum Gasteiger partial charge on any atom is -0.379 e. The molecule has 1 atom stereocenters. The van der Waals surface area contributed by atoms with Crippen molar-refractivity contribution in [3.63, 3.8) is 0 Å². The molecule has 0 aromatic carbocycles. The number of rotatable bonds is 6. The van der Waals surface area contributed by atoms with Crippen LogP contribution in [0.25, 0.3) is 0 Å². The molecule has 184 valence electrons. The topological polar surface area (TPSA) is 110 Å². The fourth-order valence-corrected chi connectivity index (χ4v) is 4.22. The van der Waals surface area contributed by atoms with Crippen molar-refractivity contribution in [2.45, 2.75) is 19.1 Å². The third-order valence-electron chi connectivity index (χ3n) is 5.86. The Hall–Kier alpha value is -3.29. The molecule has 14 heteroatoms. The molecule has 4 rings (SSSR count). The number of H-pyrrole nitrogens is 1. The second-order valence-electron chi connectivity index (χ2n) is 8.46. The van der Waals surface area contributed by atoms with E-state index in [2.05, 4.69) is 20.4 Å². The molecule has 4 heterocycles. The fourth-order valence-electron chi connectivity index (χ4n) is 4.22. The molecule has 2 fully saturated rings. The van der Waals surface area contributed by atoms with Gasteiger partial charge in [-0.2, -0.15) is 18.3 Å². The molecular weight excluding hydrogens is 460 g/mol. The maximum atomic E-state index is 13.2. The average molecular weight is 484 g/mol. The van der Waals surface area contributed by atoms with E-state index in [9.17, 15) is 27.2 Å². The van der Waals surface area contributed by atoms with E-state index in [1.165, 1.54) is 0 Å². The largest absolute Gasteiger partial charge is 0.423 e. The first-order chi connectivity index (χ1) is 16.1. The van der Waals surface area contributed by atoms with Crippen LogP contribution in [0.3, 0.4) is 0 Å². The van der Waals surface area contributed by atoms with Gasteiger partial charge in [0.25, 0.3) is 5.56 Å². The summed E-state index contributed by atoms with van der Waals surface area (Å²) in [6.45, 7) is 5.21. The predicted molar refractivity (Wildman–Crippen MR) is 114 cm³/mol. The summed E-state index contributed by atoms with van der Waals surface area (Å²) in [5.74, 6) is -0.219. The van der Waals surface area contributed by atoms with Crippen LogP contribution in [0.1, 0.15) is 12.5 Å². The Morgan fingerprint density at radius 2 is 1.82 bits per heavy atom. The molecule has 0 unspecified atom stereocenters. The lowest BCUT2D eigenvalue weighted by atomic mass is 9.97. The Balaban J connectivity index is 1.23. The van der Waals surface area contributed by atoms with Crippen molar-refractivity contribution < 1.29 is 22.4 Å². The van der Waals surface area contributed by atoms with E-state index in [-0.39, 0.29) is 17.5 Å². The van der Waals surface area contributed by atoms with E-state index in [0.29, 0.717) is 51.8 Å². The number of hydrogen-bond donors (Lipinski definition) is 2. The summed E-state index contributed by atoms with van der Waals surface area (Å²) < 4.78 is 52.6. The van der Waals surface area contributed by atoms with Crippen LogP contribution in [-0.2, 0) is 11.0 Å². The summed E-state index contributed by atoms with van der Waals surface area (Å²) in [5.41, 5.74) is -2.98. The summed E-state index contributed by atoms with van der Waals surface area (Å²) in [5, 5.41) is 7.96. The summed E-state index contributed by atoms with van der Waals surface area (Å²) in [7, 11) is 0. The number of nitrogens with zero attached hydrogens (tertiary/aromatic N) is 6. The van der Waals surface area contributed by atoms with Crippen molar-refractivity contribution in [3.8, 4) is 0 Å². The van der Waals surface area contributed by atoms with E-state index >= 15 is 0 Å². The predicted octanol–water partition coefficient (Wildman–Crippen LogP) is 0.799. The van der Waals surface area contributed by atoms with Crippen molar-refractivity contribution in [1.29, 1.82) is 0 Å². The van der Waals surface area contributed by atoms with Gasteiger partial charge in [0.05, 0.1) is 30.2 Å². The molecule has 1 amide bonds. The number of alkyl halides is 3. The van der Waals surface area contributed by atoms with Crippen molar-refractivity contribution >= 4 is 17.5 Å². The van der Waals surface area contributed by atoms with E-state index in [0.717, 1.165) is 18.6 Å². The molecule has 2 aliphatic heterocycles. The van der Waals surface area contributed by atoms with Gasteiger partial charge >= 0.3 is 6.18 Å². The third kappa shape index (κ3) is 5.26. The highest BCUT2D eigenvalue weighted by atomic mass is 19.4. The Morgan fingerprint density at radius 3 is 2.44 bits per heavy atom. The number of aromatic amines is 1. The monoisotopic (exact) mass is 484 g/mol. The molecular formula is C20H24F4N8O2. The van der Waals surface area contributed by atoms with Gasteiger partial charge in [-0.1, -0.05) is 0 Å². The molecule has 2 N–H and O–H groups in total. The standard InChI is InChI=1S/C20H24F4N8O2/c1-12(28-15-8-27-29-17(33)16(15)20(22,23)24)9-30-10-13(11-30)18(34)31-2-4-32(5-3-31)19-25-6-14(21)7-26-19/h6-8,12-13H,2-5,9-11H2,1H3,(H2,28,29,33)/t12-/m0/s1. The zero-order chi connectivity index (χ0) is 24.5. The number of hydrogen-bond acceptors (Lipinski definition) is 8. The zero-order valence-corrected chi connectivity index (χ0v) is 18.3. The van der Waals surface area contributed by atoms with Crippen LogP contribution in [-0.4, -0.2) is 87.7 Å². The Bertz CT molecular complexity index is 1060. The molecule has 0 bridgehead atoms.